The van der Waals surface area contributed by atoms with Crippen LogP contribution in [-0.4, -0.2) is 42.1 Å². The summed E-state index contributed by atoms with van der Waals surface area (Å²) in [4.78, 5) is 11.7. The van der Waals surface area contributed by atoms with Gasteiger partial charge in [-0.2, -0.15) is 10.2 Å². The van der Waals surface area contributed by atoms with Gasteiger partial charge in [-0.1, -0.05) is 12.2 Å². The highest BCUT2D eigenvalue weighted by atomic mass is 35.5. The Labute approximate surface area is 111 Å². The van der Waals surface area contributed by atoms with E-state index in [1.54, 1.807) is 19.1 Å². The van der Waals surface area contributed by atoms with E-state index in [0.29, 0.717) is 5.57 Å². The van der Waals surface area contributed by atoms with Gasteiger partial charge in [0.25, 0.3) is 0 Å². The van der Waals surface area contributed by atoms with Crippen molar-refractivity contribution in [3.8, 4) is 0 Å². The summed E-state index contributed by atoms with van der Waals surface area (Å²) in [6, 6.07) is 0. The zero-order valence-electron chi connectivity index (χ0n) is 10.3. The SMILES string of the molecule is C=N/N=C1C(=C/C)/C(=C\CCl)CC/1(O)C(=O)OC. The van der Waals surface area contributed by atoms with Gasteiger partial charge in [-0.15, -0.1) is 11.6 Å². The van der Waals surface area contributed by atoms with Crippen molar-refractivity contribution in [2.75, 3.05) is 13.0 Å². The van der Waals surface area contributed by atoms with Crippen molar-refractivity contribution in [2.24, 2.45) is 10.2 Å². The normalized spacial score (nSPS) is 30.1. The van der Waals surface area contributed by atoms with Crippen LogP contribution in [0.5, 0.6) is 0 Å². The fourth-order valence-corrected chi connectivity index (χ4v) is 2.16. The van der Waals surface area contributed by atoms with Gasteiger partial charge >= 0.3 is 5.97 Å². The Morgan fingerprint density at radius 1 is 1.72 bits per heavy atom. The number of methoxy groups -OCH3 is 1. The van der Waals surface area contributed by atoms with Gasteiger partial charge in [-0.3, -0.25) is 0 Å². The zero-order chi connectivity index (χ0) is 13.8. The minimum absolute atomic E-state index is 0.0699. The molecule has 1 saturated carbocycles. The monoisotopic (exact) mass is 270 g/mol. The number of halogens is 1. The first-order valence-electron chi connectivity index (χ1n) is 5.32. The Hall–Kier alpha value is -1.46. The van der Waals surface area contributed by atoms with Gasteiger partial charge in [0.1, 0.15) is 5.71 Å². The molecule has 1 atom stereocenters. The number of aliphatic hydroxyl groups is 1. The largest absolute Gasteiger partial charge is 0.467 e. The van der Waals surface area contributed by atoms with Crippen LogP contribution in [0.25, 0.3) is 0 Å². The van der Waals surface area contributed by atoms with E-state index >= 15 is 0 Å². The standard InChI is InChI=1S/C12H15ClN2O3/c1-4-9-8(5-6-13)7-12(17,11(16)18-3)10(9)15-14-2/h4-5,17H,2,6-7H2,1,3H3/b8-5-,9-4+,15-10-. The van der Waals surface area contributed by atoms with E-state index in [9.17, 15) is 9.90 Å². The highest BCUT2D eigenvalue weighted by molar-refractivity contribution is 6.23. The summed E-state index contributed by atoms with van der Waals surface area (Å²) < 4.78 is 4.61. The van der Waals surface area contributed by atoms with Crippen LogP contribution in [0.3, 0.4) is 0 Å². The van der Waals surface area contributed by atoms with E-state index in [1.165, 1.54) is 7.11 Å². The molecule has 0 radical (unpaired) electrons. The number of esters is 1. The lowest BCUT2D eigenvalue weighted by molar-refractivity contribution is -0.154. The lowest BCUT2D eigenvalue weighted by atomic mass is 10.00. The molecule has 0 aromatic carbocycles. The molecule has 0 aliphatic heterocycles. The molecule has 0 aromatic rings. The van der Waals surface area contributed by atoms with Crippen molar-refractivity contribution >= 4 is 30.0 Å². The van der Waals surface area contributed by atoms with Gasteiger partial charge in [-0.05, 0) is 12.5 Å². The van der Waals surface area contributed by atoms with Crippen molar-refractivity contribution in [1.29, 1.82) is 0 Å². The Balaban J connectivity index is 3.38. The molecule has 0 aromatic heterocycles. The van der Waals surface area contributed by atoms with E-state index < -0.39 is 11.6 Å². The van der Waals surface area contributed by atoms with Crippen LogP contribution >= 0.6 is 11.6 Å². The summed E-state index contributed by atoms with van der Waals surface area (Å²) in [5.74, 6) is -0.499. The molecule has 0 saturated heterocycles. The number of carbonyl (C=O) groups excluding carboxylic acids is 1. The molecule has 1 aliphatic carbocycles. The third-order valence-electron chi connectivity index (χ3n) is 2.75. The summed E-state index contributed by atoms with van der Waals surface area (Å²) in [5.41, 5.74) is -0.308. The summed E-state index contributed by atoms with van der Waals surface area (Å²) in [6.07, 6.45) is 3.53. The topological polar surface area (TPSA) is 71.2 Å². The second-order valence-corrected chi connectivity index (χ2v) is 4.01. The average Bonchev–Trinajstić information content (AvgIpc) is 2.63. The third-order valence-corrected chi connectivity index (χ3v) is 2.90. The lowest BCUT2D eigenvalue weighted by Gasteiger charge is -2.18. The highest BCUT2D eigenvalue weighted by Crippen LogP contribution is 2.37. The molecule has 1 unspecified atom stereocenters. The van der Waals surface area contributed by atoms with E-state index in [0.717, 1.165) is 5.57 Å². The Morgan fingerprint density at radius 3 is 2.83 bits per heavy atom. The van der Waals surface area contributed by atoms with Crippen molar-refractivity contribution in [3.05, 3.63) is 23.3 Å². The third kappa shape index (κ3) is 2.37. The molecule has 1 rings (SSSR count). The molecule has 6 heteroatoms. The maximum Gasteiger partial charge on any atom is 0.344 e. The van der Waals surface area contributed by atoms with Crippen molar-refractivity contribution < 1.29 is 14.6 Å². The molecule has 1 fully saturated rings. The number of hydrogen-bond donors (Lipinski definition) is 1. The number of ether oxygens (including phenoxy) is 1. The maximum atomic E-state index is 11.7. The molecule has 0 amide bonds. The molecule has 98 valence electrons. The first-order chi connectivity index (χ1) is 8.54. The van der Waals surface area contributed by atoms with Gasteiger partial charge < -0.3 is 9.84 Å². The molecular weight excluding hydrogens is 256 g/mol. The second kappa shape index (κ2) is 5.93. The number of rotatable bonds is 3. The van der Waals surface area contributed by atoms with Crippen LogP contribution in [0.1, 0.15) is 13.3 Å². The Kier molecular flexibility index (Phi) is 4.81. The smallest absolute Gasteiger partial charge is 0.344 e. The fourth-order valence-electron chi connectivity index (χ4n) is 1.97. The van der Waals surface area contributed by atoms with E-state index in [1.807, 2.05) is 0 Å². The lowest BCUT2D eigenvalue weighted by Crippen LogP contribution is -2.43. The van der Waals surface area contributed by atoms with E-state index in [-0.39, 0.29) is 18.0 Å². The molecular formula is C12H15ClN2O3. The number of alkyl halides is 1. The molecule has 1 N–H and O–H groups in total. The van der Waals surface area contributed by atoms with Crippen molar-refractivity contribution in [1.82, 2.24) is 0 Å². The first kappa shape index (κ1) is 14.6. The van der Waals surface area contributed by atoms with Gasteiger partial charge in [-0.25, -0.2) is 4.79 Å². The van der Waals surface area contributed by atoms with Gasteiger partial charge in [0.2, 0.25) is 5.60 Å². The molecule has 1 aliphatic rings. The number of carbonyl (C=O) groups is 1. The summed E-state index contributed by atoms with van der Waals surface area (Å²) in [5, 5.41) is 17.6. The summed E-state index contributed by atoms with van der Waals surface area (Å²) in [6.45, 7) is 5.02. The van der Waals surface area contributed by atoms with E-state index in [4.69, 9.17) is 11.6 Å². The van der Waals surface area contributed by atoms with Gasteiger partial charge in [0.05, 0.1) is 7.11 Å². The maximum absolute atomic E-state index is 11.7. The number of allylic oxidation sites excluding steroid dienone is 2. The molecule has 0 spiro atoms. The van der Waals surface area contributed by atoms with Crippen LogP contribution < -0.4 is 0 Å². The van der Waals surface area contributed by atoms with Crippen molar-refractivity contribution in [2.45, 2.75) is 18.9 Å². The number of nitrogens with zero attached hydrogens (tertiary/aromatic N) is 2. The van der Waals surface area contributed by atoms with Crippen LogP contribution in [0.4, 0.5) is 0 Å². The molecule has 5 nitrogen and oxygen atoms in total. The van der Waals surface area contributed by atoms with Gasteiger partial charge in [0, 0.05) is 24.6 Å². The van der Waals surface area contributed by atoms with Crippen LogP contribution in [0, 0.1) is 0 Å². The van der Waals surface area contributed by atoms with Crippen LogP contribution in [-0.2, 0) is 9.53 Å². The second-order valence-electron chi connectivity index (χ2n) is 3.70. The highest BCUT2D eigenvalue weighted by Gasteiger charge is 2.51. The predicted octanol–water partition coefficient (Wildman–Crippen LogP) is 1.46. The predicted molar refractivity (Wildman–Crippen MR) is 71.1 cm³/mol. The minimum Gasteiger partial charge on any atom is -0.467 e. The van der Waals surface area contributed by atoms with Crippen LogP contribution in [0.15, 0.2) is 33.5 Å². The molecule has 0 heterocycles. The van der Waals surface area contributed by atoms with Gasteiger partial charge in [0.15, 0.2) is 0 Å². The quantitative estimate of drug-likeness (QED) is 0.365. The first-order valence-corrected chi connectivity index (χ1v) is 5.85. The number of hydrogen-bond acceptors (Lipinski definition) is 5. The summed E-state index contributed by atoms with van der Waals surface area (Å²) in [7, 11) is 1.21. The van der Waals surface area contributed by atoms with E-state index in [2.05, 4.69) is 21.7 Å². The Bertz CT molecular complexity index is 454. The average molecular weight is 271 g/mol. The minimum atomic E-state index is -1.82. The Morgan fingerprint density at radius 2 is 2.39 bits per heavy atom. The summed E-state index contributed by atoms with van der Waals surface area (Å²) >= 11 is 5.66. The fraction of sp³-hybridized carbons (Fsp3) is 0.417. The molecule has 0 bridgehead atoms. The van der Waals surface area contributed by atoms with Crippen molar-refractivity contribution in [3.63, 3.8) is 0 Å². The molecule has 18 heavy (non-hydrogen) atoms. The van der Waals surface area contributed by atoms with Crippen LogP contribution in [0.2, 0.25) is 0 Å². The zero-order valence-corrected chi connectivity index (χ0v) is 11.1.